The van der Waals surface area contributed by atoms with Crippen LogP contribution in [0.2, 0.25) is 0 Å². The molecule has 0 atom stereocenters. The number of nitrogens with zero attached hydrogens (tertiary/aromatic N) is 2. The van der Waals surface area contributed by atoms with Crippen molar-refractivity contribution < 1.29 is 28.7 Å². The summed E-state index contributed by atoms with van der Waals surface area (Å²) in [7, 11) is 2.87. The van der Waals surface area contributed by atoms with E-state index in [-0.39, 0.29) is 16.8 Å². The smallest absolute Gasteiger partial charge is 0.339 e. The van der Waals surface area contributed by atoms with Crippen molar-refractivity contribution in [2.45, 2.75) is 16.2 Å². The fourth-order valence-corrected chi connectivity index (χ4v) is 4.56. The Bertz CT molecular complexity index is 1180. The van der Waals surface area contributed by atoms with Gasteiger partial charge in [-0.25, -0.2) is 9.78 Å². The van der Waals surface area contributed by atoms with Crippen molar-refractivity contribution in [2.75, 3.05) is 20.8 Å². The van der Waals surface area contributed by atoms with Crippen LogP contribution in [0.4, 0.5) is 5.69 Å². The first-order chi connectivity index (χ1) is 15.3. The molecule has 166 valence electrons. The van der Waals surface area contributed by atoms with Crippen molar-refractivity contribution in [2.24, 2.45) is 0 Å². The topological polar surface area (TPSA) is 118 Å². The van der Waals surface area contributed by atoms with E-state index in [9.17, 15) is 19.7 Å². The van der Waals surface area contributed by atoms with Crippen molar-refractivity contribution in [3.63, 3.8) is 0 Å². The number of aryl methyl sites for hydroxylation is 1. The first kappa shape index (κ1) is 23.2. The van der Waals surface area contributed by atoms with Crippen molar-refractivity contribution in [1.29, 1.82) is 0 Å². The van der Waals surface area contributed by atoms with E-state index in [2.05, 4.69) is 4.98 Å². The number of hydrogen-bond acceptors (Lipinski definition) is 10. The van der Waals surface area contributed by atoms with Gasteiger partial charge < -0.3 is 14.2 Å². The largest absolute Gasteiger partial charge is 0.497 e. The fraction of sp³-hybridized carbons (Fsp3) is 0.190. The Kier molecular flexibility index (Phi) is 7.44. The predicted molar refractivity (Wildman–Crippen MR) is 118 cm³/mol. The van der Waals surface area contributed by atoms with Gasteiger partial charge >= 0.3 is 5.97 Å². The van der Waals surface area contributed by atoms with Gasteiger partial charge in [0.25, 0.3) is 5.69 Å². The number of esters is 1. The molecule has 1 heterocycles. The van der Waals surface area contributed by atoms with E-state index >= 15 is 0 Å². The highest BCUT2D eigenvalue weighted by molar-refractivity contribution is 8.01. The van der Waals surface area contributed by atoms with Gasteiger partial charge in [-0.2, -0.15) is 0 Å². The SMILES string of the molecule is COc1ccc(OC)c(C(=O)COC(=O)c2cc([N+](=O)[O-])ccc2Sc2nc(C)cs2)c1. The Morgan fingerprint density at radius 3 is 2.53 bits per heavy atom. The highest BCUT2D eigenvalue weighted by Gasteiger charge is 2.22. The average Bonchev–Trinajstić information content (AvgIpc) is 3.21. The number of thiazole rings is 1. The molecule has 0 saturated carbocycles. The molecule has 0 aliphatic carbocycles. The zero-order valence-corrected chi connectivity index (χ0v) is 19.0. The summed E-state index contributed by atoms with van der Waals surface area (Å²) in [5.41, 5.74) is 0.716. The number of ether oxygens (including phenoxy) is 3. The number of carbonyl (C=O) groups excluding carboxylic acids is 2. The van der Waals surface area contributed by atoms with Gasteiger partial charge in [-0.05, 0) is 31.2 Å². The maximum atomic E-state index is 12.8. The van der Waals surface area contributed by atoms with Crippen LogP contribution in [0.3, 0.4) is 0 Å². The summed E-state index contributed by atoms with van der Waals surface area (Å²) in [5.74, 6) is -0.627. The van der Waals surface area contributed by atoms with Crippen LogP contribution in [-0.2, 0) is 4.74 Å². The standard InChI is InChI=1S/C21H18N2O7S2/c1-12-11-31-21(22-12)32-19-7-4-13(23(26)27)8-16(19)20(25)30-10-17(24)15-9-14(28-2)5-6-18(15)29-3/h4-9,11H,10H2,1-3H3. The van der Waals surface area contributed by atoms with E-state index in [1.807, 2.05) is 12.3 Å². The summed E-state index contributed by atoms with van der Waals surface area (Å²) in [5, 5.41) is 13.0. The molecule has 0 bridgehead atoms. The number of benzene rings is 2. The molecule has 0 spiro atoms. The molecule has 0 unspecified atom stereocenters. The van der Waals surface area contributed by atoms with Crippen molar-refractivity contribution in [3.8, 4) is 11.5 Å². The molecule has 11 heteroatoms. The molecule has 3 aromatic rings. The van der Waals surface area contributed by atoms with E-state index in [0.29, 0.717) is 20.7 Å². The zero-order valence-electron chi connectivity index (χ0n) is 17.3. The summed E-state index contributed by atoms with van der Waals surface area (Å²) >= 11 is 2.57. The Morgan fingerprint density at radius 1 is 1.12 bits per heavy atom. The zero-order chi connectivity index (χ0) is 23.3. The minimum atomic E-state index is -0.861. The molecule has 0 saturated heterocycles. The van der Waals surface area contributed by atoms with Crippen molar-refractivity contribution >= 4 is 40.5 Å². The van der Waals surface area contributed by atoms with Gasteiger partial charge in [-0.3, -0.25) is 14.9 Å². The minimum Gasteiger partial charge on any atom is -0.497 e. The molecule has 0 N–H and O–H groups in total. The molecule has 0 amide bonds. The van der Waals surface area contributed by atoms with E-state index in [4.69, 9.17) is 14.2 Å². The van der Waals surface area contributed by atoms with Crippen LogP contribution >= 0.6 is 23.1 Å². The summed E-state index contributed by atoms with van der Waals surface area (Å²) in [6.45, 7) is 1.26. The number of hydrogen-bond donors (Lipinski definition) is 0. The van der Waals surface area contributed by atoms with Crippen LogP contribution in [0.15, 0.2) is 51.0 Å². The normalized spacial score (nSPS) is 10.5. The van der Waals surface area contributed by atoms with Crippen LogP contribution in [-0.4, -0.2) is 42.5 Å². The molecule has 0 aliphatic heterocycles. The molecule has 0 fully saturated rings. The van der Waals surface area contributed by atoms with Crippen molar-refractivity contribution in [3.05, 3.63) is 68.7 Å². The second-order valence-corrected chi connectivity index (χ2v) is 8.51. The number of carbonyl (C=O) groups is 2. The van der Waals surface area contributed by atoms with Crippen LogP contribution in [0.1, 0.15) is 26.4 Å². The monoisotopic (exact) mass is 474 g/mol. The highest BCUT2D eigenvalue weighted by Crippen LogP contribution is 2.35. The maximum absolute atomic E-state index is 12.8. The quantitative estimate of drug-likeness (QED) is 0.190. The number of rotatable bonds is 9. The lowest BCUT2D eigenvalue weighted by molar-refractivity contribution is -0.384. The van der Waals surface area contributed by atoms with Crippen LogP contribution in [0, 0.1) is 17.0 Å². The van der Waals surface area contributed by atoms with Gasteiger partial charge in [0.1, 0.15) is 11.5 Å². The van der Waals surface area contributed by atoms with E-state index in [0.717, 1.165) is 11.8 Å². The van der Waals surface area contributed by atoms with Crippen LogP contribution in [0.25, 0.3) is 0 Å². The van der Waals surface area contributed by atoms with Crippen LogP contribution < -0.4 is 9.47 Å². The lowest BCUT2D eigenvalue weighted by Crippen LogP contribution is -2.16. The number of non-ortho nitro benzene ring substituents is 1. The minimum absolute atomic E-state index is 0.0255. The molecule has 9 nitrogen and oxygen atoms in total. The first-order valence-electron chi connectivity index (χ1n) is 9.13. The second kappa shape index (κ2) is 10.2. The molecular weight excluding hydrogens is 456 g/mol. The second-order valence-electron chi connectivity index (χ2n) is 6.36. The average molecular weight is 475 g/mol. The lowest BCUT2D eigenvalue weighted by atomic mass is 10.1. The molecule has 0 aliphatic rings. The number of nitro benzene ring substituents is 1. The van der Waals surface area contributed by atoms with Crippen molar-refractivity contribution in [1.82, 2.24) is 4.98 Å². The lowest BCUT2D eigenvalue weighted by Gasteiger charge is -2.11. The summed E-state index contributed by atoms with van der Waals surface area (Å²) in [6.07, 6.45) is 0. The number of Topliss-reactive ketones (excluding diaryl/α,β-unsaturated/α-hetero) is 1. The predicted octanol–water partition coefficient (Wildman–Crippen LogP) is 4.57. The Hall–Kier alpha value is -3.44. The number of aromatic nitrogens is 1. The molecule has 1 aromatic heterocycles. The van der Waals surface area contributed by atoms with Gasteiger partial charge in [0, 0.05) is 28.1 Å². The molecule has 0 radical (unpaired) electrons. The van der Waals surface area contributed by atoms with E-state index in [1.165, 1.54) is 55.5 Å². The highest BCUT2D eigenvalue weighted by atomic mass is 32.2. The van der Waals surface area contributed by atoms with Gasteiger partial charge in [0.15, 0.2) is 10.9 Å². The van der Waals surface area contributed by atoms with E-state index < -0.39 is 23.3 Å². The Labute approximate surface area is 191 Å². The van der Waals surface area contributed by atoms with Crippen LogP contribution in [0.5, 0.6) is 11.5 Å². The molecular formula is C21H18N2O7S2. The molecule has 32 heavy (non-hydrogen) atoms. The van der Waals surface area contributed by atoms with Gasteiger partial charge in [-0.15, -0.1) is 11.3 Å². The van der Waals surface area contributed by atoms with Gasteiger partial charge in [-0.1, -0.05) is 11.8 Å². The molecule has 3 rings (SSSR count). The summed E-state index contributed by atoms with van der Waals surface area (Å²) in [6, 6.07) is 8.57. The summed E-state index contributed by atoms with van der Waals surface area (Å²) in [4.78, 5) is 40.8. The number of ketones is 1. The Morgan fingerprint density at radius 2 is 1.91 bits per heavy atom. The first-order valence-corrected chi connectivity index (χ1v) is 10.8. The third kappa shape index (κ3) is 5.42. The van der Waals surface area contributed by atoms with E-state index in [1.54, 1.807) is 12.1 Å². The third-order valence-corrected chi connectivity index (χ3v) is 6.36. The fourth-order valence-electron chi connectivity index (χ4n) is 2.67. The summed E-state index contributed by atoms with van der Waals surface area (Å²) < 4.78 is 16.2. The van der Waals surface area contributed by atoms with Gasteiger partial charge in [0.2, 0.25) is 5.78 Å². The number of methoxy groups -OCH3 is 2. The molecule has 2 aromatic carbocycles. The number of nitro groups is 1. The maximum Gasteiger partial charge on any atom is 0.339 e. The van der Waals surface area contributed by atoms with Gasteiger partial charge in [0.05, 0.1) is 30.3 Å². The Balaban J connectivity index is 1.82. The third-order valence-electron chi connectivity index (χ3n) is 4.23.